The van der Waals surface area contributed by atoms with Crippen molar-refractivity contribution in [2.75, 3.05) is 13.1 Å². The van der Waals surface area contributed by atoms with Crippen LogP contribution in [-0.2, 0) is 0 Å². The summed E-state index contributed by atoms with van der Waals surface area (Å²) in [6.07, 6.45) is 7.98. The molecule has 6 nitrogen and oxygen atoms in total. The van der Waals surface area contributed by atoms with Crippen LogP contribution in [0.2, 0.25) is 0 Å². The maximum absolute atomic E-state index is 13.3. The Kier molecular flexibility index (Phi) is 4.93. The summed E-state index contributed by atoms with van der Waals surface area (Å²) in [4.78, 5) is 24.6. The standard InChI is InChI=1S/C26H27N3O3/c30-26(18-12-13-21-23(15-18)32-24(28-21)17-7-2-1-3-8-17)29-14-6-9-19(16-29)25-27-20-10-4-5-11-22(20)31-25/h4-5,10-13,15,17,19H,1-3,6-9,14,16H2. The van der Waals surface area contributed by atoms with Crippen LogP contribution in [0, 0.1) is 0 Å². The van der Waals surface area contributed by atoms with Gasteiger partial charge in [-0.2, -0.15) is 0 Å². The molecular weight excluding hydrogens is 402 g/mol. The fourth-order valence-electron chi connectivity index (χ4n) is 5.21. The van der Waals surface area contributed by atoms with Crippen LogP contribution in [0.5, 0.6) is 0 Å². The van der Waals surface area contributed by atoms with Gasteiger partial charge >= 0.3 is 0 Å². The summed E-state index contributed by atoms with van der Waals surface area (Å²) < 4.78 is 12.1. The Morgan fingerprint density at radius 2 is 1.53 bits per heavy atom. The van der Waals surface area contributed by atoms with E-state index in [0.717, 1.165) is 60.6 Å². The topological polar surface area (TPSA) is 72.4 Å². The van der Waals surface area contributed by atoms with Gasteiger partial charge in [0.05, 0.1) is 5.92 Å². The first-order valence-corrected chi connectivity index (χ1v) is 11.8. The fraction of sp³-hybridized carbons (Fsp3) is 0.423. The van der Waals surface area contributed by atoms with Crippen molar-refractivity contribution in [2.45, 2.75) is 56.8 Å². The van der Waals surface area contributed by atoms with Gasteiger partial charge in [-0.25, -0.2) is 9.97 Å². The molecule has 1 aliphatic carbocycles. The number of nitrogens with zero attached hydrogens (tertiary/aromatic N) is 3. The van der Waals surface area contributed by atoms with E-state index in [-0.39, 0.29) is 11.8 Å². The molecule has 2 fully saturated rings. The van der Waals surface area contributed by atoms with Crippen LogP contribution in [0.1, 0.15) is 78.9 Å². The van der Waals surface area contributed by atoms with Crippen LogP contribution < -0.4 is 0 Å². The first-order chi connectivity index (χ1) is 15.7. The molecule has 1 saturated heterocycles. The molecule has 1 aliphatic heterocycles. The molecule has 2 aliphatic rings. The van der Waals surface area contributed by atoms with Crippen LogP contribution in [-0.4, -0.2) is 33.9 Å². The number of oxazole rings is 2. The van der Waals surface area contributed by atoms with Crippen molar-refractivity contribution in [3.63, 3.8) is 0 Å². The average Bonchev–Trinajstić information content (AvgIpc) is 3.48. The van der Waals surface area contributed by atoms with E-state index in [0.29, 0.717) is 23.6 Å². The highest BCUT2D eigenvalue weighted by Gasteiger charge is 2.29. The minimum Gasteiger partial charge on any atom is -0.440 e. The van der Waals surface area contributed by atoms with Crippen LogP contribution in [0.25, 0.3) is 22.2 Å². The second kappa shape index (κ2) is 8.08. The number of carbonyl (C=O) groups is 1. The number of hydrogen-bond acceptors (Lipinski definition) is 5. The molecule has 6 rings (SSSR count). The van der Waals surface area contributed by atoms with E-state index in [1.165, 1.54) is 19.3 Å². The molecular formula is C26H27N3O3. The third kappa shape index (κ3) is 3.57. The van der Waals surface area contributed by atoms with Crippen molar-refractivity contribution in [1.82, 2.24) is 14.9 Å². The summed E-state index contributed by atoms with van der Waals surface area (Å²) >= 11 is 0. The lowest BCUT2D eigenvalue weighted by molar-refractivity contribution is 0.0699. The minimum atomic E-state index is 0.0309. The highest BCUT2D eigenvalue weighted by Crippen LogP contribution is 2.34. The van der Waals surface area contributed by atoms with Gasteiger partial charge < -0.3 is 13.7 Å². The Hall–Kier alpha value is -3.15. The molecule has 6 heteroatoms. The summed E-state index contributed by atoms with van der Waals surface area (Å²) in [5.74, 6) is 2.12. The Balaban J connectivity index is 1.22. The highest BCUT2D eigenvalue weighted by atomic mass is 16.4. The quantitative estimate of drug-likeness (QED) is 0.397. The van der Waals surface area contributed by atoms with Gasteiger partial charge in [0.2, 0.25) is 0 Å². The number of piperidine rings is 1. The molecule has 32 heavy (non-hydrogen) atoms. The third-order valence-corrected chi connectivity index (χ3v) is 6.97. The van der Waals surface area contributed by atoms with Gasteiger partial charge in [-0.1, -0.05) is 31.4 Å². The van der Waals surface area contributed by atoms with Gasteiger partial charge in [0, 0.05) is 24.6 Å². The molecule has 1 saturated carbocycles. The number of likely N-dealkylation sites (tertiary alicyclic amines) is 1. The molecule has 1 atom stereocenters. The van der Waals surface area contributed by atoms with E-state index < -0.39 is 0 Å². The third-order valence-electron chi connectivity index (χ3n) is 6.97. The molecule has 3 heterocycles. The summed E-state index contributed by atoms with van der Waals surface area (Å²) in [6.45, 7) is 1.37. The van der Waals surface area contributed by atoms with Gasteiger partial charge in [0.1, 0.15) is 11.0 Å². The number of benzene rings is 2. The lowest BCUT2D eigenvalue weighted by atomic mass is 9.89. The van der Waals surface area contributed by atoms with Gasteiger partial charge in [-0.15, -0.1) is 0 Å². The van der Waals surface area contributed by atoms with Crippen molar-refractivity contribution in [3.8, 4) is 0 Å². The monoisotopic (exact) mass is 429 g/mol. The van der Waals surface area contributed by atoms with Crippen LogP contribution >= 0.6 is 0 Å². The Morgan fingerprint density at radius 3 is 2.38 bits per heavy atom. The van der Waals surface area contributed by atoms with Crippen molar-refractivity contribution < 1.29 is 13.6 Å². The van der Waals surface area contributed by atoms with E-state index in [1.54, 1.807) is 0 Å². The smallest absolute Gasteiger partial charge is 0.254 e. The lowest BCUT2D eigenvalue weighted by Crippen LogP contribution is -2.39. The molecule has 0 spiro atoms. The molecule has 2 aromatic carbocycles. The maximum atomic E-state index is 13.3. The van der Waals surface area contributed by atoms with Gasteiger partial charge in [-0.05, 0) is 56.0 Å². The Bertz CT molecular complexity index is 1230. The van der Waals surface area contributed by atoms with Crippen LogP contribution in [0.3, 0.4) is 0 Å². The van der Waals surface area contributed by atoms with Crippen molar-refractivity contribution in [2.24, 2.45) is 0 Å². The fourth-order valence-corrected chi connectivity index (χ4v) is 5.21. The first kappa shape index (κ1) is 19.5. The molecule has 164 valence electrons. The van der Waals surface area contributed by atoms with Gasteiger partial charge in [0.15, 0.2) is 22.9 Å². The second-order valence-corrected chi connectivity index (χ2v) is 9.18. The highest BCUT2D eigenvalue weighted by molar-refractivity contribution is 5.97. The van der Waals surface area contributed by atoms with Crippen molar-refractivity contribution >= 4 is 28.1 Å². The van der Waals surface area contributed by atoms with Crippen molar-refractivity contribution in [3.05, 3.63) is 59.8 Å². The molecule has 1 amide bonds. The van der Waals surface area contributed by atoms with Crippen LogP contribution in [0.15, 0.2) is 51.3 Å². The number of fused-ring (bicyclic) bond motifs is 2. The number of carbonyl (C=O) groups excluding carboxylic acids is 1. The molecule has 2 aromatic heterocycles. The first-order valence-electron chi connectivity index (χ1n) is 11.8. The summed E-state index contributed by atoms with van der Waals surface area (Å²) in [5.41, 5.74) is 3.88. The second-order valence-electron chi connectivity index (χ2n) is 9.18. The van der Waals surface area contributed by atoms with E-state index >= 15 is 0 Å². The van der Waals surface area contributed by atoms with E-state index in [1.807, 2.05) is 47.4 Å². The van der Waals surface area contributed by atoms with E-state index in [2.05, 4.69) is 4.98 Å². The zero-order valence-electron chi connectivity index (χ0n) is 18.1. The number of hydrogen-bond donors (Lipinski definition) is 0. The zero-order chi connectivity index (χ0) is 21.5. The lowest BCUT2D eigenvalue weighted by Gasteiger charge is -2.31. The molecule has 0 bridgehead atoms. The van der Waals surface area contributed by atoms with Crippen molar-refractivity contribution in [1.29, 1.82) is 0 Å². The number of amides is 1. The normalized spacial score (nSPS) is 20.2. The van der Waals surface area contributed by atoms with E-state index in [4.69, 9.17) is 13.8 Å². The minimum absolute atomic E-state index is 0.0309. The Labute approximate surface area is 186 Å². The maximum Gasteiger partial charge on any atom is 0.254 e. The average molecular weight is 430 g/mol. The number of rotatable bonds is 3. The zero-order valence-corrected chi connectivity index (χ0v) is 18.1. The summed E-state index contributed by atoms with van der Waals surface area (Å²) in [6, 6.07) is 13.5. The van der Waals surface area contributed by atoms with Gasteiger partial charge in [-0.3, -0.25) is 4.79 Å². The predicted octanol–water partition coefficient (Wildman–Crippen LogP) is 6.04. The Morgan fingerprint density at radius 1 is 0.812 bits per heavy atom. The number of aromatic nitrogens is 2. The molecule has 0 radical (unpaired) electrons. The summed E-state index contributed by atoms with van der Waals surface area (Å²) in [7, 11) is 0. The molecule has 0 N–H and O–H groups in total. The van der Waals surface area contributed by atoms with Crippen LogP contribution in [0.4, 0.5) is 0 Å². The summed E-state index contributed by atoms with van der Waals surface area (Å²) in [5, 5.41) is 0. The molecule has 1 unspecified atom stereocenters. The SMILES string of the molecule is O=C(c1ccc2nc(C3CCCCC3)oc2c1)N1CCCC(c2nc3ccccc3o2)C1. The number of para-hydroxylation sites is 2. The van der Waals surface area contributed by atoms with E-state index in [9.17, 15) is 4.79 Å². The van der Waals surface area contributed by atoms with Gasteiger partial charge in [0.25, 0.3) is 5.91 Å². The molecule has 4 aromatic rings. The largest absolute Gasteiger partial charge is 0.440 e. The predicted molar refractivity (Wildman–Crippen MR) is 122 cm³/mol.